The Morgan fingerprint density at radius 2 is 1.89 bits per heavy atom. The van der Waals surface area contributed by atoms with E-state index in [2.05, 4.69) is 66.7 Å². The lowest BCUT2D eigenvalue weighted by Crippen LogP contribution is -2.14. The Hall–Kier alpha value is -2.62. The van der Waals surface area contributed by atoms with Crippen LogP contribution >= 0.6 is 0 Å². The number of fused-ring (bicyclic) bond motifs is 1. The number of nitrogens with zero attached hydrogens (tertiary/aromatic N) is 2. The maximum atomic E-state index is 8.36. The number of carbonyl (C=O) groups is 1. The quantitative estimate of drug-likeness (QED) is 0.521. The monoisotopic (exact) mass is 382 g/mol. The van der Waals surface area contributed by atoms with Gasteiger partial charge in [-0.25, -0.2) is 0 Å². The van der Waals surface area contributed by atoms with E-state index >= 15 is 0 Å². The fraction of sp³-hybridized carbons (Fsp3) is 0.417. The molecule has 0 radical (unpaired) electrons. The molecule has 1 aromatic carbocycles. The van der Waals surface area contributed by atoms with E-state index in [1.165, 1.54) is 47.4 Å². The van der Waals surface area contributed by atoms with Crippen molar-refractivity contribution in [1.82, 2.24) is 4.57 Å². The zero-order chi connectivity index (χ0) is 20.9. The summed E-state index contributed by atoms with van der Waals surface area (Å²) in [6.45, 7) is 11.1. The van der Waals surface area contributed by atoms with Crippen LogP contribution in [0.3, 0.4) is 0 Å². The maximum absolute atomic E-state index is 8.36. The number of aliphatic imine (C=N–C) groups is 1. The highest BCUT2D eigenvalue weighted by atomic mass is 16.3. The highest BCUT2D eigenvalue weighted by Crippen LogP contribution is 2.32. The van der Waals surface area contributed by atoms with Gasteiger partial charge in [0.05, 0.1) is 6.54 Å². The summed E-state index contributed by atoms with van der Waals surface area (Å²) in [5.41, 5.74) is 6.88. The van der Waals surface area contributed by atoms with Crippen molar-refractivity contribution in [1.29, 1.82) is 0 Å². The van der Waals surface area contributed by atoms with E-state index < -0.39 is 0 Å². The smallest absolute Gasteiger partial charge is 0.290 e. The van der Waals surface area contributed by atoms with Crippen LogP contribution in [0.25, 0.3) is 11.3 Å². The highest BCUT2D eigenvalue weighted by molar-refractivity contribution is 5.66. The summed E-state index contributed by atoms with van der Waals surface area (Å²) < 4.78 is 2.46. The number of allylic oxidation sites excluding steroid dienone is 1. The van der Waals surface area contributed by atoms with E-state index in [9.17, 15) is 0 Å². The van der Waals surface area contributed by atoms with E-state index in [-0.39, 0.29) is 6.47 Å². The third-order valence-electron chi connectivity index (χ3n) is 4.51. The Balaban J connectivity index is 0.000000717. The molecule has 0 aliphatic heterocycles. The predicted octanol–water partition coefficient (Wildman–Crippen LogP) is 6.00. The van der Waals surface area contributed by atoms with Crippen LogP contribution in [0.4, 0.5) is 0 Å². The van der Waals surface area contributed by atoms with Gasteiger partial charge in [0.15, 0.2) is 0 Å². The molecule has 1 N–H and O–H groups in total. The third-order valence-corrected chi connectivity index (χ3v) is 4.51. The number of hydrogen-bond acceptors (Lipinski definition) is 2. The number of aromatic nitrogens is 1. The molecule has 4 heteroatoms. The summed E-state index contributed by atoms with van der Waals surface area (Å²) in [6.07, 6.45) is 7.63. The van der Waals surface area contributed by atoms with Crippen LogP contribution in [0.1, 0.15) is 52.3 Å². The van der Waals surface area contributed by atoms with E-state index in [1.54, 1.807) is 0 Å². The minimum absolute atomic E-state index is 0.250. The first-order chi connectivity index (χ1) is 13.6. The molecular formula is C24H34N2O2. The standard InChI is InChI=1S/C21H26N2.C2H6.CH2O2/c1-16(2)15-22-11-12-23-20-10-9-17(3)13-19(20)14-21(23)18-7-5-4-6-8-18;1-2;2-1-3/h4-8,11,14-15,17H,9-10,12-13H2,1-3H3;1-2H3;1H,(H,2,3). The zero-order valence-electron chi connectivity index (χ0n) is 17.9. The summed E-state index contributed by atoms with van der Waals surface area (Å²) in [4.78, 5) is 12.8. The van der Waals surface area contributed by atoms with Crippen LogP contribution in [-0.2, 0) is 24.2 Å². The van der Waals surface area contributed by atoms with Crippen molar-refractivity contribution in [3.63, 3.8) is 0 Å². The van der Waals surface area contributed by atoms with Crippen LogP contribution in [-0.4, -0.2) is 22.4 Å². The number of benzene rings is 1. The van der Waals surface area contributed by atoms with Crippen LogP contribution in [0.2, 0.25) is 0 Å². The molecule has 0 spiro atoms. The van der Waals surface area contributed by atoms with Gasteiger partial charge in [-0.2, -0.15) is 0 Å². The molecule has 152 valence electrons. The molecule has 1 heterocycles. The Bertz CT molecular complexity index is 769. The first-order valence-electron chi connectivity index (χ1n) is 10.1. The second-order valence-corrected chi connectivity index (χ2v) is 6.97. The Labute approximate surface area is 169 Å². The van der Waals surface area contributed by atoms with Crippen molar-refractivity contribution in [3.8, 4) is 11.3 Å². The fourth-order valence-electron chi connectivity index (χ4n) is 3.37. The van der Waals surface area contributed by atoms with Crippen LogP contribution in [0, 0.1) is 5.92 Å². The van der Waals surface area contributed by atoms with Gasteiger partial charge in [0.2, 0.25) is 0 Å². The summed E-state index contributed by atoms with van der Waals surface area (Å²) in [7, 11) is 0. The van der Waals surface area contributed by atoms with E-state index in [1.807, 2.05) is 26.3 Å². The number of rotatable bonds is 4. The van der Waals surface area contributed by atoms with Crippen LogP contribution < -0.4 is 0 Å². The molecule has 0 saturated carbocycles. The molecule has 1 aliphatic carbocycles. The minimum atomic E-state index is -0.250. The first kappa shape index (κ1) is 23.4. The normalized spacial score (nSPS) is 14.8. The van der Waals surface area contributed by atoms with Gasteiger partial charge in [0.1, 0.15) is 0 Å². The van der Waals surface area contributed by atoms with E-state index in [0.29, 0.717) is 0 Å². The topological polar surface area (TPSA) is 54.6 Å². The van der Waals surface area contributed by atoms with Gasteiger partial charge >= 0.3 is 0 Å². The van der Waals surface area contributed by atoms with Crippen molar-refractivity contribution >= 4 is 12.7 Å². The van der Waals surface area contributed by atoms with Crippen molar-refractivity contribution in [2.45, 2.75) is 60.4 Å². The summed E-state index contributed by atoms with van der Waals surface area (Å²) >= 11 is 0. The lowest BCUT2D eigenvalue weighted by atomic mass is 9.89. The molecule has 1 aliphatic rings. The van der Waals surface area contributed by atoms with Gasteiger partial charge in [-0.1, -0.05) is 56.7 Å². The van der Waals surface area contributed by atoms with Gasteiger partial charge < -0.3 is 9.67 Å². The number of carboxylic acid groups (broad SMARTS) is 1. The third kappa shape index (κ3) is 6.84. The molecule has 1 unspecified atom stereocenters. The number of hydrogen-bond donors (Lipinski definition) is 1. The molecule has 1 atom stereocenters. The predicted molar refractivity (Wildman–Crippen MR) is 119 cm³/mol. The molecule has 0 fully saturated rings. The van der Waals surface area contributed by atoms with Gasteiger partial charge in [-0.3, -0.25) is 9.79 Å². The van der Waals surface area contributed by atoms with Crippen molar-refractivity contribution in [2.75, 3.05) is 0 Å². The molecule has 4 nitrogen and oxygen atoms in total. The van der Waals surface area contributed by atoms with E-state index in [0.717, 1.165) is 12.5 Å². The van der Waals surface area contributed by atoms with Gasteiger partial charge in [-0.05, 0) is 56.2 Å². The van der Waals surface area contributed by atoms with Crippen LogP contribution in [0.15, 0.2) is 53.2 Å². The Kier molecular flexibility index (Phi) is 10.6. The van der Waals surface area contributed by atoms with Crippen LogP contribution in [0.5, 0.6) is 0 Å². The summed E-state index contributed by atoms with van der Waals surface area (Å²) in [6, 6.07) is 13.1. The van der Waals surface area contributed by atoms with Gasteiger partial charge in [-0.15, -0.1) is 0 Å². The van der Waals surface area contributed by atoms with Gasteiger partial charge in [0.25, 0.3) is 6.47 Å². The molecule has 3 rings (SSSR count). The molecular weight excluding hydrogens is 348 g/mol. The molecule has 0 bridgehead atoms. The molecule has 0 saturated heterocycles. The summed E-state index contributed by atoms with van der Waals surface area (Å²) in [5, 5.41) is 6.89. The maximum Gasteiger partial charge on any atom is 0.290 e. The average molecular weight is 383 g/mol. The van der Waals surface area contributed by atoms with Crippen molar-refractivity contribution in [3.05, 3.63) is 59.4 Å². The Morgan fingerprint density at radius 1 is 1.25 bits per heavy atom. The second-order valence-electron chi connectivity index (χ2n) is 6.97. The zero-order valence-corrected chi connectivity index (χ0v) is 17.9. The fourth-order valence-corrected chi connectivity index (χ4v) is 3.37. The second kappa shape index (κ2) is 12.7. The highest BCUT2D eigenvalue weighted by Gasteiger charge is 2.21. The van der Waals surface area contributed by atoms with Crippen molar-refractivity contribution in [2.24, 2.45) is 10.9 Å². The molecule has 0 amide bonds. The largest absolute Gasteiger partial charge is 0.483 e. The van der Waals surface area contributed by atoms with Crippen molar-refractivity contribution < 1.29 is 9.90 Å². The lowest BCUT2D eigenvalue weighted by Gasteiger charge is -2.20. The molecule has 28 heavy (non-hydrogen) atoms. The summed E-state index contributed by atoms with van der Waals surface area (Å²) in [5.74, 6) is 0.793. The average Bonchev–Trinajstić information content (AvgIpc) is 3.05. The van der Waals surface area contributed by atoms with E-state index in [4.69, 9.17) is 9.90 Å². The van der Waals surface area contributed by atoms with Gasteiger partial charge in [0, 0.05) is 23.8 Å². The molecule has 1 aromatic heterocycles. The minimum Gasteiger partial charge on any atom is -0.483 e. The lowest BCUT2D eigenvalue weighted by molar-refractivity contribution is -0.122. The SMILES string of the molecule is CC.CC(C)=CN=CCn1c(-c2ccccc2)cc2c1CCC(C)C2.O=CO. The Morgan fingerprint density at radius 3 is 2.50 bits per heavy atom. The molecule has 2 aromatic rings. The first-order valence-corrected chi connectivity index (χ1v) is 10.1.